The van der Waals surface area contributed by atoms with E-state index in [-0.39, 0.29) is 11.9 Å². The van der Waals surface area contributed by atoms with Crippen LogP contribution in [-0.4, -0.2) is 35.0 Å². The van der Waals surface area contributed by atoms with Gasteiger partial charge in [-0.05, 0) is 62.1 Å². The van der Waals surface area contributed by atoms with Crippen LogP contribution in [0.1, 0.15) is 52.6 Å². The zero-order chi connectivity index (χ0) is 20.5. The number of amides is 1. The first-order valence-corrected chi connectivity index (χ1v) is 12.0. The molecule has 3 aromatic heterocycles. The van der Waals surface area contributed by atoms with Gasteiger partial charge in [-0.15, -0.1) is 22.7 Å². The first-order valence-electron chi connectivity index (χ1n) is 10.3. The number of thiophene rings is 2. The zero-order valence-corrected chi connectivity index (χ0v) is 19.1. The van der Waals surface area contributed by atoms with Crippen molar-refractivity contribution < 1.29 is 4.79 Å². The fraction of sp³-hybridized carbons (Fsp3) is 0.500. The highest BCUT2D eigenvalue weighted by molar-refractivity contribution is 7.17. The van der Waals surface area contributed by atoms with E-state index in [1.807, 2.05) is 26.0 Å². The number of rotatable bonds is 5. The molecule has 154 valence electrons. The normalized spacial score (nSPS) is 15.4. The van der Waals surface area contributed by atoms with Crippen molar-refractivity contribution in [3.63, 3.8) is 0 Å². The molecule has 1 saturated heterocycles. The van der Waals surface area contributed by atoms with E-state index in [1.165, 1.54) is 15.8 Å². The van der Waals surface area contributed by atoms with Crippen molar-refractivity contribution in [1.82, 2.24) is 15.3 Å². The minimum atomic E-state index is 0.0545. The maximum absolute atomic E-state index is 12.5. The van der Waals surface area contributed by atoms with Gasteiger partial charge in [0.2, 0.25) is 0 Å². The van der Waals surface area contributed by atoms with Crippen LogP contribution >= 0.6 is 22.7 Å². The topological polar surface area (TPSA) is 58.1 Å². The van der Waals surface area contributed by atoms with Crippen LogP contribution in [0.15, 0.2) is 17.5 Å². The van der Waals surface area contributed by atoms with Crippen molar-refractivity contribution in [2.75, 3.05) is 18.0 Å². The Bertz CT molecular complexity index is 1020. The predicted octanol–water partition coefficient (Wildman–Crippen LogP) is 4.97. The molecule has 1 aliphatic rings. The van der Waals surface area contributed by atoms with Gasteiger partial charge in [0.05, 0.1) is 10.3 Å². The number of carbonyl (C=O) groups is 1. The molecule has 0 bridgehead atoms. The highest BCUT2D eigenvalue weighted by Crippen LogP contribution is 2.34. The van der Waals surface area contributed by atoms with Crippen LogP contribution in [0.5, 0.6) is 0 Å². The maximum atomic E-state index is 12.5. The van der Waals surface area contributed by atoms with Crippen LogP contribution < -0.4 is 10.2 Å². The lowest BCUT2D eigenvalue weighted by Crippen LogP contribution is -2.45. The molecule has 0 saturated carbocycles. The lowest BCUT2D eigenvalue weighted by atomic mass is 10.0. The molecule has 1 aliphatic heterocycles. The summed E-state index contributed by atoms with van der Waals surface area (Å²) in [5.74, 6) is 2.56. The molecule has 1 N–H and O–H groups in total. The number of nitrogens with zero attached hydrogens (tertiary/aromatic N) is 3. The summed E-state index contributed by atoms with van der Waals surface area (Å²) in [4.78, 5) is 27.4. The standard InChI is InChI=1S/C22H28N4OS2/c1-13(2)11-16-12-28-22-19(16)20(23-15(4)24-22)26-9-7-17(8-10-26)25-21(27)18-6-5-14(3)29-18/h5-6,12-13,17H,7-11H2,1-4H3,(H,25,27). The number of aromatic nitrogens is 2. The van der Waals surface area contributed by atoms with Gasteiger partial charge >= 0.3 is 0 Å². The summed E-state index contributed by atoms with van der Waals surface area (Å²) in [6.07, 6.45) is 2.92. The molecule has 1 fully saturated rings. The van der Waals surface area contributed by atoms with E-state index in [9.17, 15) is 4.79 Å². The molecule has 0 unspecified atom stereocenters. The van der Waals surface area contributed by atoms with E-state index >= 15 is 0 Å². The van der Waals surface area contributed by atoms with Crippen LogP contribution in [0.2, 0.25) is 0 Å². The number of fused-ring (bicyclic) bond motifs is 1. The number of aryl methyl sites for hydroxylation is 2. The fourth-order valence-electron chi connectivity index (χ4n) is 3.95. The molecule has 0 aromatic carbocycles. The van der Waals surface area contributed by atoms with Crippen LogP contribution in [-0.2, 0) is 6.42 Å². The molecule has 0 aliphatic carbocycles. The summed E-state index contributed by atoms with van der Waals surface area (Å²) in [5, 5.41) is 6.69. The van der Waals surface area contributed by atoms with E-state index in [0.29, 0.717) is 5.92 Å². The third-order valence-corrected chi connectivity index (χ3v) is 7.24. The first-order chi connectivity index (χ1) is 13.9. The Morgan fingerprint density at radius 3 is 2.66 bits per heavy atom. The van der Waals surface area contributed by atoms with Crippen LogP contribution in [0.25, 0.3) is 10.2 Å². The Morgan fingerprint density at radius 1 is 1.24 bits per heavy atom. The first kappa shape index (κ1) is 20.3. The largest absolute Gasteiger partial charge is 0.356 e. The summed E-state index contributed by atoms with van der Waals surface area (Å²) >= 11 is 3.28. The molecular formula is C22H28N4OS2. The third kappa shape index (κ3) is 4.46. The zero-order valence-electron chi connectivity index (χ0n) is 17.5. The van der Waals surface area contributed by atoms with Gasteiger partial charge in [-0.2, -0.15) is 0 Å². The van der Waals surface area contributed by atoms with Gasteiger partial charge in [0.15, 0.2) is 0 Å². The minimum absolute atomic E-state index is 0.0545. The quantitative estimate of drug-likeness (QED) is 0.623. The van der Waals surface area contributed by atoms with Crippen molar-refractivity contribution in [3.05, 3.63) is 38.7 Å². The van der Waals surface area contributed by atoms with Crippen molar-refractivity contribution in [2.45, 2.75) is 53.0 Å². The molecule has 5 nitrogen and oxygen atoms in total. The van der Waals surface area contributed by atoms with E-state index in [2.05, 4.69) is 34.4 Å². The Morgan fingerprint density at radius 2 is 2.00 bits per heavy atom. The van der Waals surface area contributed by atoms with Gasteiger partial charge in [0.1, 0.15) is 16.5 Å². The van der Waals surface area contributed by atoms with Crippen LogP contribution in [0, 0.1) is 19.8 Å². The average Bonchev–Trinajstić information content (AvgIpc) is 3.28. The Kier molecular flexibility index (Phi) is 5.88. The summed E-state index contributed by atoms with van der Waals surface area (Å²) in [7, 11) is 0. The van der Waals surface area contributed by atoms with E-state index in [1.54, 1.807) is 22.7 Å². The molecule has 0 radical (unpaired) electrons. The van der Waals surface area contributed by atoms with E-state index < -0.39 is 0 Å². The number of hydrogen-bond donors (Lipinski definition) is 1. The molecule has 7 heteroatoms. The lowest BCUT2D eigenvalue weighted by molar-refractivity contribution is 0.0935. The Hall–Kier alpha value is -1.99. The molecule has 1 amide bonds. The second-order valence-corrected chi connectivity index (χ2v) is 10.4. The second kappa shape index (κ2) is 8.40. The van der Waals surface area contributed by atoms with Gasteiger partial charge in [-0.3, -0.25) is 4.79 Å². The highest BCUT2D eigenvalue weighted by atomic mass is 32.1. The second-order valence-electron chi connectivity index (χ2n) is 8.28. The van der Waals surface area contributed by atoms with Gasteiger partial charge in [0, 0.05) is 24.0 Å². The lowest BCUT2D eigenvalue weighted by Gasteiger charge is -2.33. The molecule has 4 rings (SSSR count). The van der Waals surface area contributed by atoms with Crippen LogP contribution in [0.3, 0.4) is 0 Å². The third-order valence-electron chi connectivity index (χ3n) is 5.32. The van der Waals surface area contributed by atoms with Crippen molar-refractivity contribution in [1.29, 1.82) is 0 Å². The number of piperidine rings is 1. The Balaban J connectivity index is 1.49. The summed E-state index contributed by atoms with van der Waals surface area (Å²) in [6, 6.07) is 4.13. The maximum Gasteiger partial charge on any atom is 0.261 e. The monoisotopic (exact) mass is 428 g/mol. The summed E-state index contributed by atoms with van der Waals surface area (Å²) in [6.45, 7) is 10.3. The van der Waals surface area contributed by atoms with Crippen molar-refractivity contribution in [3.8, 4) is 0 Å². The van der Waals surface area contributed by atoms with Gasteiger partial charge < -0.3 is 10.2 Å². The van der Waals surface area contributed by atoms with Gasteiger partial charge in [-0.1, -0.05) is 13.8 Å². The minimum Gasteiger partial charge on any atom is -0.356 e. The van der Waals surface area contributed by atoms with Crippen molar-refractivity contribution >= 4 is 44.6 Å². The van der Waals surface area contributed by atoms with Crippen molar-refractivity contribution in [2.24, 2.45) is 5.92 Å². The summed E-state index contributed by atoms with van der Waals surface area (Å²) in [5.41, 5.74) is 1.36. The molecule has 29 heavy (non-hydrogen) atoms. The average molecular weight is 429 g/mol. The fourth-order valence-corrected chi connectivity index (χ4v) is 5.72. The van der Waals surface area contributed by atoms with E-state index in [0.717, 1.165) is 53.7 Å². The number of anilines is 1. The molecule has 3 aromatic rings. The summed E-state index contributed by atoms with van der Waals surface area (Å²) < 4.78 is 0. The number of nitrogens with one attached hydrogen (secondary N) is 1. The Labute approximate surface area is 180 Å². The number of carbonyl (C=O) groups excluding carboxylic acids is 1. The van der Waals surface area contributed by atoms with Crippen LogP contribution in [0.4, 0.5) is 5.82 Å². The molecule has 4 heterocycles. The van der Waals surface area contributed by atoms with E-state index in [4.69, 9.17) is 4.98 Å². The smallest absolute Gasteiger partial charge is 0.261 e. The molecule has 0 atom stereocenters. The SMILES string of the molecule is Cc1nc(N2CCC(NC(=O)c3ccc(C)s3)CC2)c2c(CC(C)C)csc2n1. The van der Waals surface area contributed by atoms with Gasteiger partial charge in [-0.25, -0.2) is 9.97 Å². The highest BCUT2D eigenvalue weighted by Gasteiger charge is 2.25. The molecule has 0 spiro atoms. The predicted molar refractivity (Wildman–Crippen MR) is 122 cm³/mol. The van der Waals surface area contributed by atoms with Gasteiger partial charge in [0.25, 0.3) is 5.91 Å². The molecular weight excluding hydrogens is 400 g/mol. The number of hydrogen-bond acceptors (Lipinski definition) is 6.